The van der Waals surface area contributed by atoms with E-state index in [2.05, 4.69) is 23.2 Å². The highest BCUT2D eigenvalue weighted by Crippen LogP contribution is 2.39. The monoisotopic (exact) mass is 281 g/mol. The molecule has 4 heteroatoms. The molecule has 3 rings (SSSR count). The Bertz CT molecular complexity index is 694. The molecule has 0 radical (unpaired) electrons. The van der Waals surface area contributed by atoms with Crippen LogP contribution in [-0.2, 0) is 6.42 Å². The summed E-state index contributed by atoms with van der Waals surface area (Å²) in [5, 5.41) is 0. The van der Waals surface area contributed by atoms with Crippen molar-refractivity contribution in [3.63, 3.8) is 0 Å². The van der Waals surface area contributed by atoms with Crippen molar-refractivity contribution in [2.75, 3.05) is 19.0 Å². The fourth-order valence-electron chi connectivity index (χ4n) is 3.20. The van der Waals surface area contributed by atoms with Gasteiger partial charge in [-0.3, -0.25) is 9.78 Å². The van der Waals surface area contributed by atoms with Gasteiger partial charge in [0.2, 0.25) is 0 Å². The molecule has 4 nitrogen and oxygen atoms in total. The average Bonchev–Trinajstić information content (AvgIpc) is 2.90. The van der Waals surface area contributed by atoms with Crippen LogP contribution in [-0.4, -0.2) is 25.0 Å². The van der Waals surface area contributed by atoms with Crippen molar-refractivity contribution in [2.24, 2.45) is 5.73 Å². The van der Waals surface area contributed by atoms with Gasteiger partial charge in [0.25, 0.3) is 5.91 Å². The second kappa shape index (κ2) is 5.20. The van der Waals surface area contributed by atoms with Crippen molar-refractivity contribution in [1.29, 1.82) is 0 Å². The van der Waals surface area contributed by atoms with Gasteiger partial charge in [-0.05, 0) is 30.0 Å². The number of rotatable bonds is 3. The van der Waals surface area contributed by atoms with Crippen LogP contribution in [0.15, 0.2) is 36.5 Å². The van der Waals surface area contributed by atoms with Crippen LogP contribution in [0.3, 0.4) is 0 Å². The molecule has 1 aromatic heterocycles. The van der Waals surface area contributed by atoms with Crippen molar-refractivity contribution >= 4 is 11.6 Å². The zero-order valence-corrected chi connectivity index (χ0v) is 12.3. The first-order chi connectivity index (χ1) is 10.1. The van der Waals surface area contributed by atoms with Crippen LogP contribution in [0.25, 0.3) is 0 Å². The maximum atomic E-state index is 12.0. The summed E-state index contributed by atoms with van der Waals surface area (Å²) in [6.07, 6.45) is 3.76. The minimum atomic E-state index is -0.411. The van der Waals surface area contributed by atoms with Gasteiger partial charge in [0.05, 0.1) is 16.9 Å². The molecule has 1 amide bonds. The molecule has 0 unspecified atom stereocenters. The maximum absolute atomic E-state index is 12.0. The first-order valence-electron chi connectivity index (χ1n) is 7.13. The third-order valence-corrected chi connectivity index (χ3v) is 4.15. The lowest BCUT2D eigenvalue weighted by Crippen LogP contribution is -2.22. The Kier molecular flexibility index (Phi) is 3.37. The summed E-state index contributed by atoms with van der Waals surface area (Å²) >= 11 is 0. The van der Waals surface area contributed by atoms with E-state index in [1.54, 1.807) is 6.20 Å². The number of fused-ring (bicyclic) bond motifs is 1. The van der Waals surface area contributed by atoms with Crippen LogP contribution < -0.4 is 10.6 Å². The number of aryl methyl sites for hydroxylation is 1. The number of hydrogen-bond donors (Lipinski definition) is 1. The molecular formula is C17H19N3O. The van der Waals surface area contributed by atoms with Crippen molar-refractivity contribution in [2.45, 2.75) is 18.8 Å². The second-order valence-corrected chi connectivity index (χ2v) is 5.64. The Morgan fingerprint density at radius 2 is 2.05 bits per heavy atom. The van der Waals surface area contributed by atoms with Gasteiger partial charge in [-0.25, -0.2) is 0 Å². The molecule has 1 aromatic carbocycles. The van der Waals surface area contributed by atoms with Gasteiger partial charge in [0, 0.05) is 26.2 Å². The standard InChI is InChI=1S/C17H19N3O/c1-20(2)14-9-10-19-16(15(14)17(18)21)13-8-7-11-5-3-4-6-12(11)13/h3-6,9-10,13H,7-8H2,1-2H3,(H2,18,21)/t13-/m0/s1. The van der Waals surface area contributed by atoms with Crippen LogP contribution in [0.4, 0.5) is 5.69 Å². The fourth-order valence-corrected chi connectivity index (χ4v) is 3.20. The molecule has 0 saturated heterocycles. The predicted molar refractivity (Wildman–Crippen MR) is 83.7 cm³/mol. The zero-order valence-electron chi connectivity index (χ0n) is 12.3. The molecular weight excluding hydrogens is 262 g/mol. The number of nitrogens with two attached hydrogens (primary N) is 1. The first kappa shape index (κ1) is 13.6. The summed E-state index contributed by atoms with van der Waals surface area (Å²) in [7, 11) is 3.82. The molecule has 108 valence electrons. The lowest BCUT2D eigenvalue weighted by Gasteiger charge is -2.21. The molecule has 1 atom stereocenters. The Morgan fingerprint density at radius 3 is 2.76 bits per heavy atom. The number of aromatic nitrogens is 1. The summed E-state index contributed by atoms with van der Waals surface area (Å²) in [6.45, 7) is 0. The highest BCUT2D eigenvalue weighted by Gasteiger charge is 2.29. The normalized spacial score (nSPS) is 16.6. The molecule has 1 heterocycles. The predicted octanol–water partition coefficient (Wildman–Crippen LogP) is 2.32. The number of carbonyl (C=O) groups excluding carboxylic acids is 1. The molecule has 1 aliphatic rings. The summed E-state index contributed by atoms with van der Waals surface area (Å²) in [6, 6.07) is 10.2. The third kappa shape index (κ3) is 2.27. The largest absolute Gasteiger partial charge is 0.377 e. The molecule has 0 spiro atoms. The molecule has 1 aliphatic carbocycles. The fraction of sp³-hybridized carbons (Fsp3) is 0.294. The molecule has 0 bridgehead atoms. The quantitative estimate of drug-likeness (QED) is 0.939. The van der Waals surface area contributed by atoms with E-state index < -0.39 is 5.91 Å². The van der Waals surface area contributed by atoms with Crippen LogP contribution in [0, 0.1) is 0 Å². The van der Waals surface area contributed by atoms with Gasteiger partial charge in [-0.2, -0.15) is 0 Å². The topological polar surface area (TPSA) is 59.2 Å². The lowest BCUT2D eigenvalue weighted by molar-refractivity contribution is 0.0999. The zero-order chi connectivity index (χ0) is 15.0. The number of primary amides is 1. The minimum absolute atomic E-state index is 0.156. The molecule has 21 heavy (non-hydrogen) atoms. The first-order valence-corrected chi connectivity index (χ1v) is 7.13. The van der Waals surface area contributed by atoms with E-state index in [0.717, 1.165) is 24.2 Å². The summed E-state index contributed by atoms with van der Waals surface area (Å²) in [5.41, 5.74) is 10.4. The minimum Gasteiger partial charge on any atom is -0.377 e. The molecule has 0 fully saturated rings. The van der Waals surface area contributed by atoms with E-state index in [-0.39, 0.29) is 5.92 Å². The van der Waals surface area contributed by atoms with Gasteiger partial charge >= 0.3 is 0 Å². The smallest absolute Gasteiger partial charge is 0.252 e. The van der Waals surface area contributed by atoms with E-state index in [4.69, 9.17) is 5.73 Å². The van der Waals surface area contributed by atoms with Gasteiger partial charge in [-0.15, -0.1) is 0 Å². The Labute approximate surface area is 124 Å². The third-order valence-electron chi connectivity index (χ3n) is 4.15. The number of anilines is 1. The van der Waals surface area contributed by atoms with Gasteiger partial charge in [0.1, 0.15) is 0 Å². The maximum Gasteiger partial charge on any atom is 0.252 e. The van der Waals surface area contributed by atoms with E-state index in [1.807, 2.05) is 31.1 Å². The van der Waals surface area contributed by atoms with E-state index in [1.165, 1.54) is 11.1 Å². The van der Waals surface area contributed by atoms with Crippen molar-refractivity contribution in [3.8, 4) is 0 Å². The number of carbonyl (C=O) groups is 1. The van der Waals surface area contributed by atoms with Crippen molar-refractivity contribution in [3.05, 3.63) is 58.9 Å². The summed E-state index contributed by atoms with van der Waals surface area (Å²) in [5.74, 6) is -0.255. The van der Waals surface area contributed by atoms with Crippen LogP contribution in [0.2, 0.25) is 0 Å². The van der Waals surface area contributed by atoms with Crippen LogP contribution >= 0.6 is 0 Å². The van der Waals surface area contributed by atoms with E-state index in [9.17, 15) is 4.79 Å². The molecule has 0 aliphatic heterocycles. The Balaban J connectivity index is 2.16. The van der Waals surface area contributed by atoms with Crippen molar-refractivity contribution < 1.29 is 4.79 Å². The molecule has 0 saturated carbocycles. The van der Waals surface area contributed by atoms with Crippen molar-refractivity contribution in [1.82, 2.24) is 4.98 Å². The second-order valence-electron chi connectivity index (χ2n) is 5.64. The number of amides is 1. The molecule has 2 N–H and O–H groups in total. The Hall–Kier alpha value is -2.36. The van der Waals surface area contributed by atoms with Crippen LogP contribution in [0.1, 0.15) is 39.5 Å². The summed E-state index contributed by atoms with van der Waals surface area (Å²) < 4.78 is 0. The number of pyridine rings is 1. The SMILES string of the molecule is CN(C)c1ccnc([C@H]2CCc3ccccc32)c1C(N)=O. The van der Waals surface area contributed by atoms with E-state index >= 15 is 0 Å². The van der Waals surface area contributed by atoms with Gasteiger partial charge < -0.3 is 10.6 Å². The number of hydrogen-bond acceptors (Lipinski definition) is 3. The summed E-state index contributed by atoms with van der Waals surface area (Å²) in [4.78, 5) is 18.4. The average molecular weight is 281 g/mol. The Morgan fingerprint density at radius 1 is 1.29 bits per heavy atom. The van der Waals surface area contributed by atoms with Gasteiger partial charge in [0.15, 0.2) is 0 Å². The number of nitrogens with zero attached hydrogens (tertiary/aromatic N) is 2. The highest BCUT2D eigenvalue weighted by atomic mass is 16.1. The van der Waals surface area contributed by atoms with Gasteiger partial charge in [-0.1, -0.05) is 24.3 Å². The van der Waals surface area contributed by atoms with Crippen LogP contribution in [0.5, 0.6) is 0 Å². The lowest BCUT2D eigenvalue weighted by atomic mass is 9.93. The van der Waals surface area contributed by atoms with E-state index in [0.29, 0.717) is 5.56 Å². The highest BCUT2D eigenvalue weighted by molar-refractivity contribution is 6.00. The molecule has 2 aromatic rings. The number of benzene rings is 1.